The normalized spacial score (nSPS) is 16.7. The van der Waals surface area contributed by atoms with Crippen LogP contribution < -0.4 is 4.90 Å². The number of hydrogen-bond acceptors (Lipinski definition) is 2. The molecule has 3 nitrogen and oxygen atoms in total. The SMILES string of the molecule is Cc1ccccc1N1C(=O)C(O)=C(C/C=C/c2ccccc2)C1c1ccc(Cl)cc1. The second kappa shape index (κ2) is 8.60. The van der Waals surface area contributed by atoms with Gasteiger partial charge in [-0.2, -0.15) is 0 Å². The van der Waals surface area contributed by atoms with Crippen molar-refractivity contribution in [2.45, 2.75) is 19.4 Å². The Morgan fingerprint density at radius 2 is 1.63 bits per heavy atom. The van der Waals surface area contributed by atoms with Gasteiger partial charge in [-0.05, 0) is 48.2 Å². The third-order valence-electron chi connectivity index (χ3n) is 5.32. The van der Waals surface area contributed by atoms with Crippen LogP contribution in [-0.2, 0) is 4.79 Å². The van der Waals surface area contributed by atoms with Crippen LogP contribution >= 0.6 is 11.6 Å². The Morgan fingerprint density at radius 3 is 2.33 bits per heavy atom. The Bertz CT molecular complexity index is 1120. The van der Waals surface area contributed by atoms with Crippen LogP contribution in [0.4, 0.5) is 5.69 Å². The predicted octanol–water partition coefficient (Wildman–Crippen LogP) is 6.65. The summed E-state index contributed by atoms with van der Waals surface area (Å²) in [6.07, 6.45) is 4.45. The molecule has 1 aliphatic heterocycles. The van der Waals surface area contributed by atoms with Crippen molar-refractivity contribution in [1.29, 1.82) is 0 Å². The van der Waals surface area contributed by atoms with E-state index in [4.69, 9.17) is 11.6 Å². The van der Waals surface area contributed by atoms with Gasteiger partial charge in [0.05, 0.1) is 6.04 Å². The van der Waals surface area contributed by atoms with Gasteiger partial charge in [-0.25, -0.2) is 0 Å². The number of aryl methyl sites for hydroxylation is 1. The van der Waals surface area contributed by atoms with E-state index < -0.39 is 6.04 Å². The van der Waals surface area contributed by atoms with Crippen molar-refractivity contribution in [3.8, 4) is 0 Å². The molecule has 0 aromatic heterocycles. The summed E-state index contributed by atoms with van der Waals surface area (Å²) < 4.78 is 0. The fourth-order valence-electron chi connectivity index (χ4n) is 3.83. The summed E-state index contributed by atoms with van der Waals surface area (Å²) in [6.45, 7) is 1.96. The highest BCUT2D eigenvalue weighted by atomic mass is 35.5. The molecule has 0 saturated heterocycles. The maximum atomic E-state index is 13.1. The highest BCUT2D eigenvalue weighted by Gasteiger charge is 2.41. The summed E-state index contributed by atoms with van der Waals surface area (Å²) >= 11 is 6.09. The van der Waals surface area contributed by atoms with Gasteiger partial charge in [-0.3, -0.25) is 9.69 Å². The van der Waals surface area contributed by atoms with Crippen LogP contribution in [0.1, 0.15) is 29.2 Å². The van der Waals surface area contributed by atoms with Gasteiger partial charge >= 0.3 is 0 Å². The minimum absolute atomic E-state index is 0.184. The quantitative estimate of drug-likeness (QED) is 0.506. The third-order valence-corrected chi connectivity index (χ3v) is 5.57. The van der Waals surface area contributed by atoms with E-state index >= 15 is 0 Å². The van der Waals surface area contributed by atoms with E-state index in [0.717, 1.165) is 22.4 Å². The van der Waals surface area contributed by atoms with E-state index in [0.29, 0.717) is 17.0 Å². The Kier molecular flexibility index (Phi) is 5.73. The molecule has 1 N–H and O–H groups in total. The zero-order chi connectivity index (χ0) is 21.1. The van der Waals surface area contributed by atoms with Gasteiger partial charge in [-0.15, -0.1) is 0 Å². The number of carbonyl (C=O) groups is 1. The van der Waals surface area contributed by atoms with Crippen LogP contribution in [0, 0.1) is 6.92 Å². The Hall–Kier alpha value is -3.30. The summed E-state index contributed by atoms with van der Waals surface area (Å²) in [5, 5.41) is 11.4. The molecule has 1 heterocycles. The molecule has 0 radical (unpaired) electrons. The molecule has 30 heavy (non-hydrogen) atoms. The number of aliphatic hydroxyl groups is 1. The maximum absolute atomic E-state index is 13.1. The van der Waals surface area contributed by atoms with Crippen LogP contribution in [0.2, 0.25) is 5.02 Å². The van der Waals surface area contributed by atoms with Crippen LogP contribution in [-0.4, -0.2) is 11.0 Å². The number of anilines is 1. The lowest BCUT2D eigenvalue weighted by Gasteiger charge is -2.28. The molecule has 1 amide bonds. The summed E-state index contributed by atoms with van der Waals surface area (Å²) in [7, 11) is 0. The second-order valence-electron chi connectivity index (χ2n) is 7.31. The summed E-state index contributed by atoms with van der Waals surface area (Å²) in [5.74, 6) is -0.566. The zero-order valence-electron chi connectivity index (χ0n) is 16.6. The lowest BCUT2D eigenvalue weighted by molar-refractivity contribution is -0.117. The lowest BCUT2D eigenvalue weighted by Crippen LogP contribution is -2.30. The van der Waals surface area contributed by atoms with Crippen molar-refractivity contribution < 1.29 is 9.90 Å². The van der Waals surface area contributed by atoms with Gasteiger partial charge in [-0.1, -0.05) is 84.4 Å². The van der Waals surface area contributed by atoms with E-state index in [9.17, 15) is 9.90 Å². The maximum Gasteiger partial charge on any atom is 0.294 e. The summed E-state index contributed by atoms with van der Waals surface area (Å²) in [6, 6.07) is 24.7. The molecular weight excluding hydrogens is 394 g/mol. The van der Waals surface area contributed by atoms with E-state index in [2.05, 4.69) is 0 Å². The molecule has 150 valence electrons. The summed E-state index contributed by atoms with van der Waals surface area (Å²) in [5.41, 5.74) is 4.41. The number of para-hydroxylation sites is 1. The average molecular weight is 416 g/mol. The van der Waals surface area contributed by atoms with Crippen LogP contribution in [0.5, 0.6) is 0 Å². The van der Waals surface area contributed by atoms with Gasteiger partial charge in [0.25, 0.3) is 5.91 Å². The largest absolute Gasteiger partial charge is 0.503 e. The van der Waals surface area contributed by atoms with Gasteiger partial charge in [0, 0.05) is 16.3 Å². The molecule has 0 fully saturated rings. The van der Waals surface area contributed by atoms with E-state index in [-0.39, 0.29) is 11.7 Å². The number of benzene rings is 3. The number of allylic oxidation sites excluding steroid dienone is 1. The van der Waals surface area contributed by atoms with Gasteiger partial charge < -0.3 is 5.11 Å². The standard InChI is InChI=1S/C26H22ClNO2/c1-18-8-5-6-13-23(18)28-24(20-14-16-21(27)17-15-20)22(25(29)26(28)30)12-7-11-19-9-3-2-4-10-19/h2-11,13-17,24,29H,12H2,1H3/b11-7+. The van der Waals surface area contributed by atoms with Gasteiger partial charge in [0.15, 0.2) is 5.76 Å². The second-order valence-corrected chi connectivity index (χ2v) is 7.74. The molecule has 1 atom stereocenters. The highest BCUT2D eigenvalue weighted by molar-refractivity contribution is 6.30. The lowest BCUT2D eigenvalue weighted by atomic mass is 9.96. The number of halogens is 1. The Labute approximate surface area is 181 Å². The van der Waals surface area contributed by atoms with E-state index in [1.54, 1.807) is 4.90 Å². The molecule has 0 bridgehead atoms. The molecule has 0 aliphatic carbocycles. The zero-order valence-corrected chi connectivity index (χ0v) is 17.4. The van der Waals surface area contributed by atoms with Crippen molar-refractivity contribution in [2.24, 2.45) is 0 Å². The van der Waals surface area contributed by atoms with Crippen LogP contribution in [0.25, 0.3) is 6.08 Å². The fourth-order valence-corrected chi connectivity index (χ4v) is 3.95. The number of carbonyl (C=O) groups excluding carboxylic acids is 1. The van der Waals surface area contributed by atoms with Crippen molar-refractivity contribution in [1.82, 2.24) is 0 Å². The topological polar surface area (TPSA) is 40.5 Å². The first kappa shape index (κ1) is 20.0. The first-order chi connectivity index (χ1) is 14.6. The molecular formula is C26H22ClNO2. The Balaban J connectivity index is 1.74. The molecule has 4 rings (SSSR count). The van der Waals surface area contributed by atoms with Gasteiger partial charge in [0.1, 0.15) is 0 Å². The smallest absolute Gasteiger partial charge is 0.294 e. The number of aliphatic hydroxyl groups excluding tert-OH is 1. The average Bonchev–Trinajstić information content (AvgIpc) is 3.00. The summed E-state index contributed by atoms with van der Waals surface area (Å²) in [4.78, 5) is 14.8. The third kappa shape index (κ3) is 3.89. The van der Waals surface area contributed by atoms with Crippen molar-refractivity contribution in [2.75, 3.05) is 4.90 Å². The van der Waals surface area contributed by atoms with Crippen molar-refractivity contribution >= 4 is 29.3 Å². The molecule has 0 spiro atoms. The minimum Gasteiger partial charge on any atom is -0.503 e. The van der Waals surface area contributed by atoms with Crippen LogP contribution in [0.3, 0.4) is 0 Å². The van der Waals surface area contributed by atoms with Crippen molar-refractivity contribution in [3.63, 3.8) is 0 Å². The highest BCUT2D eigenvalue weighted by Crippen LogP contribution is 2.43. The number of nitrogens with zero attached hydrogens (tertiary/aromatic N) is 1. The molecule has 3 aromatic rings. The van der Waals surface area contributed by atoms with Crippen LogP contribution in [0.15, 0.2) is 96.3 Å². The number of hydrogen-bond donors (Lipinski definition) is 1. The molecule has 1 unspecified atom stereocenters. The molecule has 3 aromatic carbocycles. The van der Waals surface area contributed by atoms with E-state index in [1.807, 2.05) is 97.9 Å². The molecule has 4 heteroatoms. The number of amides is 1. The monoisotopic (exact) mass is 415 g/mol. The fraction of sp³-hybridized carbons (Fsp3) is 0.115. The number of rotatable bonds is 5. The predicted molar refractivity (Wildman–Crippen MR) is 123 cm³/mol. The van der Waals surface area contributed by atoms with Crippen molar-refractivity contribution in [3.05, 3.63) is 118 Å². The molecule has 1 aliphatic rings. The molecule has 0 saturated carbocycles. The Morgan fingerprint density at radius 1 is 0.967 bits per heavy atom. The van der Waals surface area contributed by atoms with Gasteiger partial charge in [0.2, 0.25) is 0 Å². The first-order valence-electron chi connectivity index (χ1n) is 9.84. The first-order valence-corrected chi connectivity index (χ1v) is 10.2. The minimum atomic E-state index is -0.392. The van der Waals surface area contributed by atoms with E-state index in [1.165, 1.54) is 0 Å².